The number of aliphatic hydroxyl groups excluding tert-OH is 3. The average molecular weight is 793 g/mol. The quantitative estimate of drug-likeness (QED) is 0.124. The molecule has 3 rings (SSSR count). The fourth-order valence-corrected chi connectivity index (χ4v) is 8.41. The van der Waals surface area contributed by atoms with E-state index in [2.05, 4.69) is 12.6 Å². The van der Waals surface area contributed by atoms with Crippen LogP contribution in [0.5, 0.6) is 0 Å². The number of carbonyl (C=O) groups excluding carboxylic acids is 2. The zero-order chi connectivity index (χ0) is 41.7. The van der Waals surface area contributed by atoms with Gasteiger partial charge in [-0.3, -0.25) is 9.59 Å². The van der Waals surface area contributed by atoms with E-state index in [1.165, 1.54) is 33.3 Å². The van der Waals surface area contributed by atoms with E-state index in [4.69, 9.17) is 33.7 Å². The van der Waals surface area contributed by atoms with Gasteiger partial charge in [0.15, 0.2) is 12.6 Å². The fourth-order valence-electron chi connectivity index (χ4n) is 8.41. The Hall–Kier alpha value is -1.46. The molecule has 54 heavy (non-hydrogen) atoms. The van der Waals surface area contributed by atoms with E-state index in [1.54, 1.807) is 41.5 Å². The molecule has 3 aliphatic heterocycles. The normalized spacial score (nSPS) is 47.1. The number of nitriles is 1. The van der Waals surface area contributed by atoms with Crippen LogP contribution < -0.4 is 0 Å². The van der Waals surface area contributed by atoms with Crippen LogP contribution in [0.25, 0.3) is 0 Å². The Morgan fingerprint density at radius 1 is 0.944 bits per heavy atom. The van der Waals surface area contributed by atoms with Crippen LogP contribution in [0, 0.1) is 34.3 Å². The van der Waals surface area contributed by atoms with Gasteiger partial charge in [0, 0.05) is 37.3 Å². The zero-order valence-corrected chi connectivity index (χ0v) is 35.2. The van der Waals surface area contributed by atoms with Crippen LogP contribution >= 0.6 is 12.6 Å². The number of thiol groups is 1. The molecule has 3 fully saturated rings. The maximum atomic E-state index is 14.1. The van der Waals surface area contributed by atoms with Gasteiger partial charge in [0.1, 0.15) is 35.1 Å². The standard InChI is InChI=1S/C37H67NO13.CHNS/c1-14-25-37(10,45)30(41)20(4)27(39)18(2)16-35(8,44)32(51-34-28(40)24(38(11)12)15-19(3)47-34)21(5)29(22(6)33(43)49-25)50-26-17-36(9,46-13)31(42)23(7)48-26;2-1-3/h18-26,28-32,34,40-42,44-45H,14-17H2,1-13H3;3H/t18-,19-,20?,21+,22-,23+,24+,25?,26?,28-,29?,30-,31+,32-,34+,35-,36-,37-;/m0./s1. The Bertz CT molecular complexity index is 1270. The number of rotatable bonds is 7. The van der Waals surface area contributed by atoms with Crippen LogP contribution in [0.2, 0.25) is 0 Å². The third-order valence-electron chi connectivity index (χ3n) is 11.8. The van der Waals surface area contributed by atoms with Crippen LogP contribution in [-0.2, 0) is 38.0 Å². The lowest BCUT2D eigenvalue weighted by molar-refractivity contribution is -0.318. The van der Waals surface area contributed by atoms with Gasteiger partial charge in [-0.05, 0) is 74.9 Å². The summed E-state index contributed by atoms with van der Waals surface area (Å²) >= 11 is 3.09. The summed E-state index contributed by atoms with van der Waals surface area (Å²) in [4.78, 5) is 29.8. The zero-order valence-electron chi connectivity index (χ0n) is 34.3. The molecule has 15 nitrogen and oxygen atoms in total. The molecular formula is C38H68N2O13S. The predicted molar refractivity (Wildman–Crippen MR) is 201 cm³/mol. The number of likely N-dealkylation sites (N-methyl/N-ethyl adjacent to an activating group) is 1. The van der Waals surface area contributed by atoms with Crippen LogP contribution in [0.1, 0.15) is 94.9 Å². The number of Topliss-reactive ketones (excluding diaryl/α,β-unsaturated/α-hetero) is 1. The van der Waals surface area contributed by atoms with Crippen molar-refractivity contribution in [3.63, 3.8) is 0 Å². The maximum Gasteiger partial charge on any atom is 0.311 e. The van der Waals surface area contributed by atoms with Crippen molar-refractivity contribution in [2.45, 2.75) is 179 Å². The monoisotopic (exact) mass is 792 g/mol. The van der Waals surface area contributed by atoms with Crippen molar-refractivity contribution in [2.24, 2.45) is 23.7 Å². The number of cyclic esters (lactones) is 1. The van der Waals surface area contributed by atoms with Gasteiger partial charge >= 0.3 is 5.97 Å². The molecule has 0 saturated carbocycles. The first kappa shape index (κ1) is 48.7. The fraction of sp³-hybridized carbons (Fsp3) is 0.921. The maximum absolute atomic E-state index is 14.1. The second-order valence-corrected chi connectivity index (χ2v) is 16.8. The molecule has 3 saturated heterocycles. The van der Waals surface area contributed by atoms with Crippen molar-refractivity contribution in [3.05, 3.63) is 0 Å². The first-order valence-electron chi connectivity index (χ1n) is 18.9. The van der Waals surface area contributed by atoms with E-state index in [0.717, 1.165) is 0 Å². The van der Waals surface area contributed by atoms with Gasteiger partial charge in [0.05, 0.1) is 47.6 Å². The summed E-state index contributed by atoms with van der Waals surface area (Å²) in [7, 11) is 5.18. The van der Waals surface area contributed by atoms with Gasteiger partial charge < -0.3 is 58.9 Å². The van der Waals surface area contributed by atoms with Gasteiger partial charge in [-0.1, -0.05) is 40.3 Å². The molecule has 0 aromatic heterocycles. The number of thiocyanates is 1. The van der Waals surface area contributed by atoms with Crippen LogP contribution in [0.4, 0.5) is 0 Å². The third-order valence-corrected chi connectivity index (χ3v) is 11.8. The van der Waals surface area contributed by atoms with E-state index >= 15 is 0 Å². The largest absolute Gasteiger partial charge is 0.459 e. The molecular weight excluding hydrogens is 724 g/mol. The number of ether oxygens (including phenoxy) is 6. The van der Waals surface area contributed by atoms with Gasteiger partial charge in [0.2, 0.25) is 0 Å². The highest BCUT2D eigenvalue weighted by molar-refractivity contribution is 7.85. The van der Waals surface area contributed by atoms with Crippen molar-refractivity contribution >= 4 is 24.4 Å². The summed E-state index contributed by atoms with van der Waals surface area (Å²) in [6.07, 6.45) is -9.71. The smallest absolute Gasteiger partial charge is 0.311 e. The molecule has 0 radical (unpaired) electrons. The Balaban J connectivity index is 0.00000325. The van der Waals surface area contributed by atoms with Crippen molar-refractivity contribution in [1.29, 1.82) is 5.26 Å². The summed E-state index contributed by atoms with van der Waals surface area (Å²) in [5.41, 5.74) is -4.84. The molecule has 0 bridgehead atoms. The number of esters is 1. The van der Waals surface area contributed by atoms with E-state index in [1.807, 2.05) is 25.9 Å². The molecule has 16 heteroatoms. The number of hydrogen-bond acceptors (Lipinski definition) is 16. The highest BCUT2D eigenvalue weighted by Gasteiger charge is 2.53. The molecule has 0 aliphatic carbocycles. The average Bonchev–Trinajstić information content (AvgIpc) is 3.09. The highest BCUT2D eigenvalue weighted by atomic mass is 32.1. The molecule has 0 aromatic carbocycles. The topological polar surface area (TPSA) is 218 Å². The van der Waals surface area contributed by atoms with Crippen LogP contribution in [0.15, 0.2) is 0 Å². The molecule has 5 N–H and O–H groups in total. The number of carbonyl (C=O) groups is 2. The van der Waals surface area contributed by atoms with Crippen LogP contribution in [0.3, 0.4) is 0 Å². The first-order valence-corrected chi connectivity index (χ1v) is 19.4. The minimum atomic E-state index is -1.99. The lowest BCUT2D eigenvalue weighted by Crippen LogP contribution is -2.61. The summed E-state index contributed by atoms with van der Waals surface area (Å²) in [6.45, 7) is 16.3. The van der Waals surface area contributed by atoms with E-state index in [9.17, 15) is 35.1 Å². The summed E-state index contributed by atoms with van der Waals surface area (Å²) in [5.74, 6) is -4.98. The lowest BCUT2D eigenvalue weighted by atomic mass is 9.74. The van der Waals surface area contributed by atoms with Crippen molar-refractivity contribution < 1.29 is 63.5 Å². The minimum absolute atomic E-state index is 0.0936. The Kier molecular flexibility index (Phi) is 17.9. The molecule has 4 unspecified atom stereocenters. The Morgan fingerprint density at radius 2 is 1.52 bits per heavy atom. The van der Waals surface area contributed by atoms with Crippen molar-refractivity contribution in [2.75, 3.05) is 21.2 Å². The van der Waals surface area contributed by atoms with E-state index in [0.29, 0.717) is 6.42 Å². The van der Waals surface area contributed by atoms with Gasteiger partial charge in [-0.2, -0.15) is 5.26 Å². The third kappa shape index (κ3) is 11.1. The molecule has 3 aliphatic rings. The number of methoxy groups -OCH3 is 1. The Morgan fingerprint density at radius 3 is 2.04 bits per heavy atom. The molecule has 3 heterocycles. The number of nitrogens with zero attached hydrogens (tertiary/aromatic N) is 2. The van der Waals surface area contributed by atoms with Gasteiger partial charge in [-0.15, -0.1) is 0 Å². The van der Waals surface area contributed by atoms with Gasteiger partial charge in [-0.25, -0.2) is 0 Å². The first-order chi connectivity index (χ1) is 24.8. The number of hydrogen-bond donors (Lipinski definition) is 6. The number of aliphatic hydroxyl groups is 5. The minimum Gasteiger partial charge on any atom is -0.459 e. The second-order valence-electron chi connectivity index (χ2n) is 16.6. The molecule has 0 aromatic rings. The SMILES string of the molecule is CCC1OC(=O)[C@@H](C)C(OC2C[C@](C)(OC)[C@H](O)[C@@H](C)O2)[C@@H](C)[C@H](O[C@H]2O[C@@H](C)C[C@@H](N(C)C)[C@@H]2O)[C@@](C)(O)C[C@H](C)C(=O)C(C)[C@H](O)[C@@]1(C)O.N#CS. The summed E-state index contributed by atoms with van der Waals surface area (Å²) in [6, 6.07) is -0.324. The summed E-state index contributed by atoms with van der Waals surface area (Å²) < 4.78 is 37.1. The van der Waals surface area contributed by atoms with E-state index < -0.39 is 108 Å². The second kappa shape index (κ2) is 19.8. The number of ketones is 1. The molecule has 0 amide bonds. The van der Waals surface area contributed by atoms with Crippen molar-refractivity contribution in [3.8, 4) is 5.40 Å². The Labute approximate surface area is 327 Å². The van der Waals surface area contributed by atoms with Crippen molar-refractivity contribution in [1.82, 2.24) is 4.90 Å². The van der Waals surface area contributed by atoms with Crippen LogP contribution in [-0.4, -0.2) is 148 Å². The van der Waals surface area contributed by atoms with E-state index in [-0.39, 0.29) is 31.4 Å². The highest BCUT2D eigenvalue weighted by Crippen LogP contribution is 2.40. The lowest BCUT2D eigenvalue weighted by Gasteiger charge is -2.49. The molecule has 18 atom stereocenters. The predicted octanol–water partition coefficient (Wildman–Crippen LogP) is 2.18. The molecule has 314 valence electrons. The van der Waals surface area contributed by atoms with Gasteiger partial charge in [0.25, 0.3) is 0 Å². The summed E-state index contributed by atoms with van der Waals surface area (Å²) in [5, 5.41) is 66.2. The molecule has 0 spiro atoms.